The summed E-state index contributed by atoms with van der Waals surface area (Å²) in [5.41, 5.74) is 1.24. The molecule has 1 saturated carbocycles. The molecule has 2 rings (SSSR count). The predicted molar refractivity (Wildman–Crippen MR) is 74.4 cm³/mol. The minimum absolute atomic E-state index is 0.258. The van der Waals surface area contributed by atoms with Crippen LogP contribution in [0.15, 0.2) is 22.7 Å². The van der Waals surface area contributed by atoms with Crippen LogP contribution in [-0.4, -0.2) is 12.1 Å². The highest BCUT2D eigenvalue weighted by Gasteiger charge is 2.21. The zero-order valence-electron chi connectivity index (χ0n) is 10.5. The minimum Gasteiger partial charge on any atom is -0.489 e. The van der Waals surface area contributed by atoms with Crippen molar-refractivity contribution >= 4 is 15.9 Å². The number of rotatable bonds is 6. The number of hydrogen-bond donors (Lipinski definition) is 1. The van der Waals surface area contributed by atoms with Gasteiger partial charge in [0.25, 0.3) is 0 Å². The average molecular weight is 298 g/mol. The van der Waals surface area contributed by atoms with Gasteiger partial charge in [-0.05, 0) is 48.2 Å². The molecule has 1 atom stereocenters. The van der Waals surface area contributed by atoms with Gasteiger partial charge >= 0.3 is 0 Å². The third-order valence-electron chi connectivity index (χ3n) is 3.10. The second-order valence-corrected chi connectivity index (χ2v) is 5.57. The van der Waals surface area contributed by atoms with Gasteiger partial charge in [-0.2, -0.15) is 0 Å². The van der Waals surface area contributed by atoms with Crippen molar-refractivity contribution < 1.29 is 4.74 Å². The molecular formula is C14H20BrNO. The normalized spacial score (nSPS) is 16.9. The van der Waals surface area contributed by atoms with E-state index in [1.807, 2.05) is 6.07 Å². The molecule has 0 amide bonds. The zero-order valence-corrected chi connectivity index (χ0v) is 12.1. The van der Waals surface area contributed by atoms with E-state index in [0.29, 0.717) is 0 Å². The molecule has 17 heavy (non-hydrogen) atoms. The van der Waals surface area contributed by atoms with Crippen LogP contribution in [0.1, 0.15) is 38.7 Å². The third kappa shape index (κ3) is 3.71. The first-order valence-corrected chi connectivity index (χ1v) is 7.17. The Labute approximate surface area is 112 Å². The van der Waals surface area contributed by atoms with Crippen molar-refractivity contribution in [1.82, 2.24) is 5.32 Å². The molecule has 1 unspecified atom stereocenters. The first kappa shape index (κ1) is 12.9. The average Bonchev–Trinajstić information content (AvgIpc) is 3.13. The fourth-order valence-electron chi connectivity index (χ4n) is 1.65. The maximum Gasteiger partial charge on any atom is 0.138 e. The summed E-state index contributed by atoms with van der Waals surface area (Å²) in [4.78, 5) is 0. The molecule has 1 N–H and O–H groups in total. The second-order valence-electron chi connectivity index (χ2n) is 4.72. The quantitative estimate of drug-likeness (QED) is 0.860. The van der Waals surface area contributed by atoms with Crippen molar-refractivity contribution in [2.24, 2.45) is 0 Å². The molecule has 0 aliphatic heterocycles. The van der Waals surface area contributed by atoms with Gasteiger partial charge in [0.15, 0.2) is 0 Å². The van der Waals surface area contributed by atoms with Gasteiger partial charge in [-0.1, -0.05) is 19.1 Å². The largest absolute Gasteiger partial charge is 0.489 e. The van der Waals surface area contributed by atoms with Crippen LogP contribution in [0.3, 0.4) is 0 Å². The molecule has 0 spiro atoms. The first-order valence-electron chi connectivity index (χ1n) is 6.38. The van der Waals surface area contributed by atoms with E-state index in [9.17, 15) is 0 Å². The van der Waals surface area contributed by atoms with Crippen LogP contribution in [0.5, 0.6) is 5.75 Å². The third-order valence-corrected chi connectivity index (χ3v) is 3.73. The van der Waals surface area contributed by atoms with Crippen molar-refractivity contribution in [3.8, 4) is 5.75 Å². The number of para-hydroxylation sites is 1. The summed E-state index contributed by atoms with van der Waals surface area (Å²) in [5, 5.41) is 3.53. The van der Waals surface area contributed by atoms with Crippen LogP contribution in [0, 0.1) is 0 Å². The van der Waals surface area contributed by atoms with Gasteiger partial charge in [0.2, 0.25) is 0 Å². The predicted octanol–water partition coefficient (Wildman–Crippen LogP) is 3.88. The molecule has 1 aliphatic rings. The number of halogens is 1. The van der Waals surface area contributed by atoms with E-state index in [0.717, 1.165) is 29.2 Å². The van der Waals surface area contributed by atoms with Gasteiger partial charge in [-0.3, -0.25) is 0 Å². The molecular weight excluding hydrogens is 278 g/mol. The smallest absolute Gasteiger partial charge is 0.138 e. The van der Waals surface area contributed by atoms with Crippen molar-refractivity contribution in [3.05, 3.63) is 28.2 Å². The van der Waals surface area contributed by atoms with Gasteiger partial charge in [0.1, 0.15) is 5.75 Å². The van der Waals surface area contributed by atoms with Crippen molar-refractivity contribution in [1.29, 1.82) is 0 Å². The van der Waals surface area contributed by atoms with Gasteiger partial charge in [-0.25, -0.2) is 0 Å². The molecule has 1 aliphatic carbocycles. The lowest BCUT2D eigenvalue weighted by molar-refractivity contribution is 0.213. The van der Waals surface area contributed by atoms with Gasteiger partial charge < -0.3 is 10.1 Å². The number of ether oxygens (including phenoxy) is 1. The number of benzene rings is 1. The maximum absolute atomic E-state index is 5.99. The Morgan fingerprint density at radius 3 is 2.88 bits per heavy atom. The molecule has 1 fully saturated rings. The van der Waals surface area contributed by atoms with Crippen LogP contribution in [0.2, 0.25) is 0 Å². The Kier molecular flexibility index (Phi) is 4.46. The standard InChI is InChI=1S/C14H20BrNO/c1-3-10(2)17-14-11(5-4-6-13(14)15)9-16-12-7-8-12/h4-6,10,12,16H,3,7-9H2,1-2H3. The van der Waals surface area contributed by atoms with Crippen LogP contribution in [-0.2, 0) is 6.54 Å². The number of nitrogens with one attached hydrogen (secondary N) is 1. The highest BCUT2D eigenvalue weighted by molar-refractivity contribution is 9.10. The Balaban J connectivity index is 2.08. The van der Waals surface area contributed by atoms with E-state index in [1.54, 1.807) is 0 Å². The van der Waals surface area contributed by atoms with Crippen molar-refractivity contribution in [2.75, 3.05) is 0 Å². The number of hydrogen-bond acceptors (Lipinski definition) is 2. The lowest BCUT2D eigenvalue weighted by Gasteiger charge is -2.18. The summed E-state index contributed by atoms with van der Waals surface area (Å²) in [7, 11) is 0. The highest BCUT2D eigenvalue weighted by Crippen LogP contribution is 2.31. The summed E-state index contributed by atoms with van der Waals surface area (Å²) in [6.45, 7) is 5.15. The van der Waals surface area contributed by atoms with Gasteiger partial charge in [-0.15, -0.1) is 0 Å². The Morgan fingerprint density at radius 1 is 1.47 bits per heavy atom. The van der Waals surface area contributed by atoms with Gasteiger partial charge in [0, 0.05) is 18.2 Å². The van der Waals surface area contributed by atoms with Crippen molar-refractivity contribution in [2.45, 2.75) is 51.8 Å². The zero-order chi connectivity index (χ0) is 12.3. The SMILES string of the molecule is CCC(C)Oc1c(Br)cccc1CNC1CC1. The van der Waals surface area contributed by atoms with Crippen molar-refractivity contribution in [3.63, 3.8) is 0 Å². The monoisotopic (exact) mass is 297 g/mol. The summed E-state index contributed by atoms with van der Waals surface area (Å²) in [5.74, 6) is 0.995. The van der Waals surface area contributed by atoms with E-state index in [4.69, 9.17) is 4.74 Å². The molecule has 2 nitrogen and oxygen atoms in total. The molecule has 3 heteroatoms. The summed E-state index contributed by atoms with van der Waals surface area (Å²) in [6, 6.07) is 6.97. The molecule has 1 aromatic carbocycles. The van der Waals surface area contributed by atoms with E-state index in [2.05, 4.69) is 47.2 Å². The molecule has 94 valence electrons. The van der Waals surface area contributed by atoms with E-state index in [-0.39, 0.29) is 6.10 Å². The molecule has 1 aromatic rings. The molecule has 0 bridgehead atoms. The maximum atomic E-state index is 5.99. The second kappa shape index (κ2) is 5.87. The van der Waals surface area contributed by atoms with Crippen LogP contribution in [0.4, 0.5) is 0 Å². The Hall–Kier alpha value is -0.540. The molecule has 0 saturated heterocycles. The van der Waals surface area contributed by atoms with E-state index in [1.165, 1.54) is 18.4 Å². The lowest BCUT2D eigenvalue weighted by atomic mass is 10.2. The topological polar surface area (TPSA) is 21.3 Å². The fraction of sp³-hybridized carbons (Fsp3) is 0.571. The summed E-state index contributed by atoms with van der Waals surface area (Å²) < 4.78 is 7.04. The fourth-order valence-corrected chi connectivity index (χ4v) is 2.15. The van der Waals surface area contributed by atoms with Crippen LogP contribution < -0.4 is 10.1 Å². The van der Waals surface area contributed by atoms with Crippen LogP contribution in [0.25, 0.3) is 0 Å². The first-order chi connectivity index (χ1) is 8.20. The molecule has 0 heterocycles. The molecule has 0 radical (unpaired) electrons. The Morgan fingerprint density at radius 2 is 2.24 bits per heavy atom. The highest BCUT2D eigenvalue weighted by atomic mass is 79.9. The minimum atomic E-state index is 0.258. The lowest BCUT2D eigenvalue weighted by Crippen LogP contribution is -2.18. The van der Waals surface area contributed by atoms with Gasteiger partial charge in [0.05, 0.1) is 10.6 Å². The molecule has 0 aromatic heterocycles. The van der Waals surface area contributed by atoms with E-state index < -0.39 is 0 Å². The summed E-state index contributed by atoms with van der Waals surface area (Å²) >= 11 is 3.57. The Bertz CT molecular complexity index is 376. The summed E-state index contributed by atoms with van der Waals surface area (Å²) in [6.07, 6.45) is 3.91. The van der Waals surface area contributed by atoms with E-state index >= 15 is 0 Å². The van der Waals surface area contributed by atoms with Crippen LogP contribution >= 0.6 is 15.9 Å².